The van der Waals surface area contributed by atoms with Crippen LogP contribution in [0, 0.1) is 18.6 Å². The molecule has 0 saturated heterocycles. The van der Waals surface area contributed by atoms with Crippen molar-refractivity contribution in [2.24, 2.45) is 7.05 Å². The molecule has 0 saturated carbocycles. The Labute approximate surface area is 166 Å². The monoisotopic (exact) mass is 413 g/mol. The molecule has 0 unspecified atom stereocenters. The molecular weight excluding hydrogens is 396 g/mol. The number of rotatable bonds is 4. The Morgan fingerprint density at radius 2 is 1.76 bits per heavy atom. The van der Waals surface area contributed by atoms with Crippen LogP contribution >= 0.6 is 0 Å². The highest BCUT2D eigenvalue weighted by Crippen LogP contribution is 2.30. The molecule has 0 amide bonds. The van der Waals surface area contributed by atoms with E-state index in [9.17, 15) is 17.2 Å². The molecule has 148 valence electrons. The Morgan fingerprint density at radius 1 is 0.966 bits per heavy atom. The largest absolute Gasteiger partial charge is 0.275 e. The molecule has 4 aromatic rings. The lowest BCUT2D eigenvalue weighted by atomic mass is 10.1. The molecule has 2 heterocycles. The van der Waals surface area contributed by atoms with E-state index in [0.717, 1.165) is 21.7 Å². The second-order valence-corrected chi connectivity index (χ2v) is 8.57. The third-order valence-electron chi connectivity index (χ3n) is 4.56. The fraction of sp³-hybridized carbons (Fsp3) is 0.0952. The Kier molecular flexibility index (Phi) is 4.58. The van der Waals surface area contributed by atoms with Crippen molar-refractivity contribution < 1.29 is 17.2 Å². The second-order valence-electron chi connectivity index (χ2n) is 6.76. The van der Waals surface area contributed by atoms with Crippen molar-refractivity contribution in [2.75, 3.05) is 0 Å². The van der Waals surface area contributed by atoms with Crippen molar-refractivity contribution in [3.63, 3.8) is 0 Å². The summed E-state index contributed by atoms with van der Waals surface area (Å²) in [6.45, 7) is 1.71. The third kappa shape index (κ3) is 3.47. The predicted octanol–water partition coefficient (Wildman–Crippen LogP) is 4.38. The number of aryl methyl sites for hydroxylation is 2. The highest BCUT2D eigenvalue weighted by molar-refractivity contribution is 7.90. The summed E-state index contributed by atoms with van der Waals surface area (Å²) in [5.41, 5.74) is 2.24. The van der Waals surface area contributed by atoms with Gasteiger partial charge < -0.3 is 0 Å². The van der Waals surface area contributed by atoms with Gasteiger partial charge in [0.05, 0.1) is 16.8 Å². The zero-order chi connectivity index (χ0) is 20.8. The Hall–Kier alpha value is -3.26. The molecule has 0 spiro atoms. The maximum Gasteiger partial charge on any atom is 0.268 e. The Bertz CT molecular complexity index is 1320. The number of hydrogen-bond acceptors (Lipinski definition) is 3. The summed E-state index contributed by atoms with van der Waals surface area (Å²) < 4.78 is 57.0. The minimum absolute atomic E-state index is 0.00601. The van der Waals surface area contributed by atoms with Gasteiger partial charge in [0.2, 0.25) is 0 Å². The van der Waals surface area contributed by atoms with Gasteiger partial charge in [0, 0.05) is 36.6 Å². The number of benzene rings is 2. The van der Waals surface area contributed by atoms with Gasteiger partial charge in [0.25, 0.3) is 10.0 Å². The van der Waals surface area contributed by atoms with Gasteiger partial charge >= 0.3 is 0 Å². The fourth-order valence-corrected chi connectivity index (χ4v) is 4.65. The van der Waals surface area contributed by atoms with Gasteiger partial charge in [-0.05, 0) is 48.4 Å². The van der Waals surface area contributed by atoms with Crippen molar-refractivity contribution >= 4 is 10.0 Å². The normalized spacial score (nSPS) is 11.7. The van der Waals surface area contributed by atoms with Gasteiger partial charge in [-0.15, -0.1) is 0 Å². The lowest BCUT2D eigenvalue weighted by Gasteiger charge is -2.12. The van der Waals surface area contributed by atoms with Gasteiger partial charge in [-0.1, -0.05) is 12.1 Å². The average Bonchev–Trinajstić information content (AvgIpc) is 3.28. The van der Waals surface area contributed by atoms with Gasteiger partial charge in [-0.2, -0.15) is 5.10 Å². The quantitative estimate of drug-likeness (QED) is 0.499. The van der Waals surface area contributed by atoms with Crippen molar-refractivity contribution in [1.82, 2.24) is 13.8 Å². The second kappa shape index (κ2) is 6.97. The van der Waals surface area contributed by atoms with Crippen LogP contribution in [0.4, 0.5) is 8.78 Å². The minimum Gasteiger partial charge on any atom is -0.275 e. The maximum absolute atomic E-state index is 14.3. The Balaban J connectivity index is 1.85. The fourth-order valence-electron chi connectivity index (χ4n) is 3.18. The van der Waals surface area contributed by atoms with Crippen LogP contribution in [0.1, 0.15) is 5.56 Å². The van der Waals surface area contributed by atoms with Crippen molar-refractivity contribution in [1.29, 1.82) is 0 Å². The predicted molar refractivity (Wildman–Crippen MR) is 106 cm³/mol. The molecule has 2 aromatic carbocycles. The number of halogens is 2. The smallest absolute Gasteiger partial charge is 0.268 e. The van der Waals surface area contributed by atoms with Crippen LogP contribution in [0.25, 0.3) is 22.4 Å². The van der Waals surface area contributed by atoms with Crippen LogP contribution < -0.4 is 0 Å². The van der Waals surface area contributed by atoms with Gasteiger partial charge in [-0.25, -0.2) is 21.2 Å². The number of nitrogens with zero attached hydrogens (tertiary/aromatic N) is 3. The van der Waals surface area contributed by atoms with Crippen LogP contribution in [-0.2, 0) is 17.1 Å². The molecule has 0 radical (unpaired) electrons. The Morgan fingerprint density at radius 3 is 2.45 bits per heavy atom. The SMILES string of the molecule is Cc1cc(-c2ccc(F)cc2F)n(S(=O)(=O)c2cccc(-c3cnn(C)c3)c2)c1. The summed E-state index contributed by atoms with van der Waals surface area (Å²) in [6, 6.07) is 11.1. The van der Waals surface area contributed by atoms with E-state index in [0.29, 0.717) is 11.1 Å². The summed E-state index contributed by atoms with van der Waals surface area (Å²) in [4.78, 5) is 0.0539. The first-order valence-electron chi connectivity index (χ1n) is 8.75. The molecule has 4 rings (SSSR count). The van der Waals surface area contributed by atoms with Crippen molar-refractivity contribution in [3.05, 3.63) is 84.3 Å². The zero-order valence-electron chi connectivity index (χ0n) is 15.7. The number of hydrogen-bond donors (Lipinski definition) is 0. The van der Waals surface area contributed by atoms with Crippen LogP contribution in [0.2, 0.25) is 0 Å². The molecule has 2 aromatic heterocycles. The van der Waals surface area contributed by atoms with Crippen LogP contribution in [0.15, 0.2) is 72.0 Å². The first-order valence-corrected chi connectivity index (χ1v) is 10.2. The molecule has 0 bridgehead atoms. The molecular formula is C21H17F2N3O2S. The highest BCUT2D eigenvalue weighted by Gasteiger charge is 2.23. The molecule has 8 heteroatoms. The lowest BCUT2D eigenvalue weighted by Crippen LogP contribution is -2.13. The highest BCUT2D eigenvalue weighted by atomic mass is 32.2. The van der Waals surface area contributed by atoms with E-state index in [1.54, 1.807) is 55.3 Å². The molecule has 29 heavy (non-hydrogen) atoms. The van der Waals surface area contributed by atoms with Crippen molar-refractivity contribution in [3.8, 4) is 22.4 Å². The van der Waals surface area contributed by atoms with Gasteiger partial charge in [0.15, 0.2) is 0 Å². The van der Waals surface area contributed by atoms with E-state index >= 15 is 0 Å². The summed E-state index contributed by atoms with van der Waals surface area (Å²) >= 11 is 0. The van der Waals surface area contributed by atoms with Crippen LogP contribution in [0.5, 0.6) is 0 Å². The molecule has 0 N–H and O–H groups in total. The van der Waals surface area contributed by atoms with E-state index in [2.05, 4.69) is 5.10 Å². The number of aromatic nitrogens is 3. The van der Waals surface area contributed by atoms with Gasteiger partial charge in [-0.3, -0.25) is 4.68 Å². The van der Waals surface area contributed by atoms with E-state index in [-0.39, 0.29) is 16.2 Å². The lowest BCUT2D eigenvalue weighted by molar-refractivity contribution is 0.583. The van der Waals surface area contributed by atoms with Crippen molar-refractivity contribution in [2.45, 2.75) is 11.8 Å². The maximum atomic E-state index is 14.3. The first-order chi connectivity index (χ1) is 13.8. The summed E-state index contributed by atoms with van der Waals surface area (Å²) in [6.07, 6.45) is 4.85. The molecule has 0 aliphatic rings. The van der Waals surface area contributed by atoms with E-state index in [1.807, 2.05) is 0 Å². The summed E-state index contributed by atoms with van der Waals surface area (Å²) in [7, 11) is -2.24. The van der Waals surface area contributed by atoms with Gasteiger partial charge in [0.1, 0.15) is 11.6 Å². The van der Waals surface area contributed by atoms with Crippen LogP contribution in [0.3, 0.4) is 0 Å². The third-order valence-corrected chi connectivity index (χ3v) is 6.23. The van der Waals surface area contributed by atoms with E-state index in [4.69, 9.17) is 0 Å². The molecule has 0 aliphatic heterocycles. The molecule has 0 atom stereocenters. The minimum atomic E-state index is -4.02. The van der Waals surface area contributed by atoms with E-state index < -0.39 is 21.7 Å². The summed E-state index contributed by atoms with van der Waals surface area (Å²) in [5, 5.41) is 4.11. The topological polar surface area (TPSA) is 56.9 Å². The molecule has 0 aliphatic carbocycles. The van der Waals surface area contributed by atoms with E-state index in [1.165, 1.54) is 18.3 Å². The summed E-state index contributed by atoms with van der Waals surface area (Å²) in [5.74, 6) is -1.56. The standard InChI is InChI=1S/C21H17F2N3O2S/c1-14-8-21(19-7-6-17(22)10-20(19)23)26(12-14)29(27,28)18-5-3-4-15(9-18)16-11-24-25(2)13-16/h3-13H,1-2H3. The average molecular weight is 413 g/mol. The first kappa shape index (κ1) is 19.1. The van der Waals surface area contributed by atoms with Crippen LogP contribution in [-0.4, -0.2) is 22.2 Å². The molecule has 0 fully saturated rings. The zero-order valence-corrected chi connectivity index (χ0v) is 16.5. The molecule has 5 nitrogen and oxygen atoms in total.